The average molecular weight is 378 g/mol. The van der Waals surface area contributed by atoms with Gasteiger partial charge in [-0.25, -0.2) is 17.2 Å². The number of hydrogen-bond donors (Lipinski definition) is 1. The number of aryl methyl sites for hydroxylation is 2. The summed E-state index contributed by atoms with van der Waals surface area (Å²) in [5.74, 6) is -1.54. The number of carbonyl (C=O) groups excluding carboxylic acids is 1. The molecule has 1 amide bonds. The van der Waals surface area contributed by atoms with E-state index in [2.05, 4.69) is 4.72 Å². The van der Waals surface area contributed by atoms with Crippen molar-refractivity contribution in [2.24, 2.45) is 0 Å². The molecule has 0 saturated heterocycles. The molecule has 0 unspecified atom stereocenters. The lowest BCUT2D eigenvalue weighted by Crippen LogP contribution is -2.39. The number of nitrogens with one attached hydrogen (secondary N) is 1. The molecule has 8 heteroatoms. The molecule has 0 aliphatic carbocycles. The van der Waals surface area contributed by atoms with Crippen molar-refractivity contribution in [1.82, 2.24) is 0 Å². The van der Waals surface area contributed by atoms with Gasteiger partial charge in [0.1, 0.15) is 11.6 Å². The third-order valence-corrected chi connectivity index (χ3v) is 6.08. The minimum atomic E-state index is -4.09. The van der Waals surface area contributed by atoms with E-state index < -0.39 is 27.3 Å². The van der Waals surface area contributed by atoms with Crippen LogP contribution in [-0.4, -0.2) is 20.9 Å². The highest BCUT2D eigenvalue weighted by atomic mass is 32.2. The van der Waals surface area contributed by atoms with Gasteiger partial charge >= 0.3 is 0 Å². The lowest BCUT2D eigenvalue weighted by Gasteiger charge is -2.35. The van der Waals surface area contributed by atoms with Crippen LogP contribution < -0.4 is 9.62 Å². The molecule has 136 valence electrons. The van der Waals surface area contributed by atoms with E-state index >= 15 is 0 Å². The van der Waals surface area contributed by atoms with E-state index in [1.165, 1.54) is 12.1 Å². The van der Waals surface area contributed by atoms with E-state index in [1.807, 2.05) is 0 Å². The summed E-state index contributed by atoms with van der Waals surface area (Å²) in [6.45, 7) is 0.637. The maximum absolute atomic E-state index is 13.8. The van der Waals surface area contributed by atoms with Gasteiger partial charge in [-0.15, -0.1) is 0 Å². The maximum Gasteiger partial charge on any atom is 0.262 e. The molecule has 26 heavy (non-hydrogen) atoms. The Morgan fingerprint density at radius 2 is 1.73 bits per heavy atom. The van der Waals surface area contributed by atoms with Gasteiger partial charge in [-0.3, -0.25) is 9.52 Å². The van der Waals surface area contributed by atoms with Crippen LogP contribution in [0, 0.1) is 11.6 Å². The third-order valence-electron chi connectivity index (χ3n) is 4.73. The van der Waals surface area contributed by atoms with Crippen LogP contribution in [0.2, 0.25) is 0 Å². The van der Waals surface area contributed by atoms with Gasteiger partial charge in [0, 0.05) is 19.0 Å². The molecule has 2 aliphatic heterocycles. The molecule has 2 aromatic rings. The predicted molar refractivity (Wildman–Crippen MR) is 92.6 cm³/mol. The largest absolute Gasteiger partial charge is 0.312 e. The van der Waals surface area contributed by atoms with Crippen LogP contribution in [0.25, 0.3) is 0 Å². The van der Waals surface area contributed by atoms with Crippen LogP contribution in [0.4, 0.5) is 20.2 Å². The summed E-state index contributed by atoms with van der Waals surface area (Å²) < 4.78 is 54.6. The highest BCUT2D eigenvalue weighted by molar-refractivity contribution is 7.92. The molecule has 2 aliphatic rings. The number of amides is 1. The van der Waals surface area contributed by atoms with E-state index in [0.717, 1.165) is 41.4 Å². The molecule has 5 nitrogen and oxygen atoms in total. The van der Waals surface area contributed by atoms with Gasteiger partial charge in [-0.05, 0) is 54.7 Å². The molecule has 1 N–H and O–H groups in total. The Bertz CT molecular complexity index is 1000. The summed E-state index contributed by atoms with van der Waals surface area (Å²) in [4.78, 5) is 13.8. The maximum atomic E-state index is 13.8. The number of carbonyl (C=O) groups is 1. The number of hydrogen-bond acceptors (Lipinski definition) is 3. The first-order chi connectivity index (χ1) is 12.3. The van der Waals surface area contributed by atoms with Crippen LogP contribution in [0.15, 0.2) is 35.2 Å². The standard InChI is InChI=1S/C18H16F2N2O3S/c19-13-4-5-15(20)16(10-13)21-26(24,25)14-8-11-2-1-7-22-17(23)6-3-12(9-14)18(11)22/h4-5,8-10,21H,1-3,6-7H2. The Morgan fingerprint density at radius 1 is 1.00 bits per heavy atom. The third kappa shape index (κ3) is 2.84. The minimum absolute atomic E-state index is 0.00823. The lowest BCUT2D eigenvalue weighted by atomic mass is 9.92. The smallest absolute Gasteiger partial charge is 0.262 e. The number of anilines is 2. The quantitative estimate of drug-likeness (QED) is 0.893. The van der Waals surface area contributed by atoms with Crippen molar-refractivity contribution < 1.29 is 22.0 Å². The van der Waals surface area contributed by atoms with Gasteiger partial charge in [-0.2, -0.15) is 0 Å². The van der Waals surface area contributed by atoms with E-state index in [4.69, 9.17) is 0 Å². The summed E-state index contributed by atoms with van der Waals surface area (Å²) in [7, 11) is -4.09. The predicted octanol–water partition coefficient (Wildman–Crippen LogP) is 2.99. The molecule has 0 fully saturated rings. The molecule has 0 bridgehead atoms. The van der Waals surface area contributed by atoms with Crippen LogP contribution in [0.3, 0.4) is 0 Å². The molecular formula is C18H16F2N2O3S. The van der Waals surface area contributed by atoms with Gasteiger partial charge in [0.05, 0.1) is 16.3 Å². The lowest BCUT2D eigenvalue weighted by molar-refractivity contribution is -0.119. The molecule has 0 spiro atoms. The average Bonchev–Trinajstić information content (AvgIpc) is 2.61. The Hall–Kier alpha value is -2.48. The Balaban J connectivity index is 1.76. The van der Waals surface area contributed by atoms with Crippen molar-refractivity contribution in [1.29, 1.82) is 0 Å². The molecule has 2 heterocycles. The summed E-state index contributed by atoms with van der Waals surface area (Å²) in [6.07, 6.45) is 2.23. The summed E-state index contributed by atoms with van der Waals surface area (Å²) in [5.41, 5.74) is 1.96. The second-order valence-electron chi connectivity index (χ2n) is 6.47. The summed E-state index contributed by atoms with van der Waals surface area (Å²) >= 11 is 0. The van der Waals surface area contributed by atoms with Crippen LogP contribution in [-0.2, 0) is 27.7 Å². The van der Waals surface area contributed by atoms with Crippen molar-refractivity contribution in [2.45, 2.75) is 30.6 Å². The highest BCUT2D eigenvalue weighted by Crippen LogP contribution is 2.37. The Labute approximate surface area is 149 Å². The van der Waals surface area contributed by atoms with Crippen LogP contribution in [0.1, 0.15) is 24.0 Å². The van der Waals surface area contributed by atoms with E-state index in [-0.39, 0.29) is 10.8 Å². The molecule has 2 aromatic carbocycles. The molecule has 0 aromatic heterocycles. The number of rotatable bonds is 3. The first kappa shape index (κ1) is 17.0. The minimum Gasteiger partial charge on any atom is -0.312 e. The fraction of sp³-hybridized carbons (Fsp3) is 0.278. The SMILES string of the molecule is O=C1CCc2cc(S(=O)(=O)Nc3cc(F)ccc3F)cc3c2N1CCC3. The number of benzene rings is 2. The van der Waals surface area contributed by atoms with E-state index in [1.54, 1.807) is 4.90 Å². The Morgan fingerprint density at radius 3 is 2.50 bits per heavy atom. The Kier molecular flexibility index (Phi) is 3.95. The highest BCUT2D eigenvalue weighted by Gasteiger charge is 2.31. The van der Waals surface area contributed by atoms with E-state index in [0.29, 0.717) is 25.8 Å². The second-order valence-corrected chi connectivity index (χ2v) is 8.15. The molecule has 0 saturated carbocycles. The number of sulfonamides is 1. The fourth-order valence-electron chi connectivity index (χ4n) is 3.56. The van der Waals surface area contributed by atoms with Gasteiger partial charge in [-0.1, -0.05) is 0 Å². The van der Waals surface area contributed by atoms with E-state index in [9.17, 15) is 22.0 Å². The van der Waals surface area contributed by atoms with Gasteiger partial charge in [0.25, 0.3) is 10.0 Å². The normalized spacial score (nSPS) is 16.4. The van der Waals surface area contributed by atoms with Gasteiger partial charge < -0.3 is 4.90 Å². The second kappa shape index (κ2) is 6.05. The van der Waals surface area contributed by atoms with Gasteiger partial charge in [0.15, 0.2) is 0 Å². The molecule has 0 radical (unpaired) electrons. The van der Waals surface area contributed by atoms with Crippen molar-refractivity contribution in [3.63, 3.8) is 0 Å². The van der Waals surface area contributed by atoms with Crippen LogP contribution in [0.5, 0.6) is 0 Å². The monoisotopic (exact) mass is 378 g/mol. The first-order valence-corrected chi connectivity index (χ1v) is 9.77. The zero-order valence-electron chi connectivity index (χ0n) is 13.8. The number of nitrogens with zero attached hydrogens (tertiary/aromatic N) is 1. The van der Waals surface area contributed by atoms with Gasteiger partial charge in [0.2, 0.25) is 5.91 Å². The van der Waals surface area contributed by atoms with Crippen molar-refractivity contribution in [3.05, 3.63) is 53.1 Å². The zero-order chi connectivity index (χ0) is 18.5. The summed E-state index contributed by atoms with van der Waals surface area (Å²) in [6, 6.07) is 5.62. The van der Waals surface area contributed by atoms with Crippen molar-refractivity contribution in [3.8, 4) is 0 Å². The zero-order valence-corrected chi connectivity index (χ0v) is 14.6. The van der Waals surface area contributed by atoms with Crippen molar-refractivity contribution >= 4 is 27.3 Å². The molecular weight excluding hydrogens is 362 g/mol. The fourth-order valence-corrected chi connectivity index (χ4v) is 4.71. The van der Waals surface area contributed by atoms with Crippen molar-refractivity contribution in [2.75, 3.05) is 16.2 Å². The first-order valence-electron chi connectivity index (χ1n) is 8.29. The molecule has 4 rings (SSSR count). The topological polar surface area (TPSA) is 66.5 Å². The number of halogens is 2. The van der Waals surface area contributed by atoms with Crippen LogP contribution >= 0.6 is 0 Å². The molecule has 0 atom stereocenters. The summed E-state index contributed by atoms with van der Waals surface area (Å²) in [5, 5.41) is 0.